The van der Waals surface area contributed by atoms with Gasteiger partial charge in [-0.1, -0.05) is 29.8 Å². The first-order valence-corrected chi connectivity index (χ1v) is 8.98. The van der Waals surface area contributed by atoms with Crippen LogP contribution >= 0.6 is 12.4 Å². The Labute approximate surface area is 171 Å². The highest BCUT2D eigenvalue weighted by Gasteiger charge is 2.11. The Morgan fingerprint density at radius 1 is 1.14 bits per heavy atom. The van der Waals surface area contributed by atoms with Gasteiger partial charge in [-0.15, -0.1) is 17.5 Å². The van der Waals surface area contributed by atoms with E-state index in [1.54, 1.807) is 11.0 Å². The van der Waals surface area contributed by atoms with Gasteiger partial charge in [0.05, 0.1) is 5.69 Å². The molecule has 0 fully saturated rings. The third-order valence-corrected chi connectivity index (χ3v) is 4.43. The molecule has 2 N–H and O–H groups in total. The monoisotopic (exact) mass is 403 g/mol. The molecule has 150 valence electrons. The van der Waals surface area contributed by atoms with Crippen molar-refractivity contribution in [1.29, 1.82) is 0 Å². The van der Waals surface area contributed by atoms with Gasteiger partial charge in [-0.25, -0.2) is 4.68 Å². The molecule has 3 rings (SSSR count). The van der Waals surface area contributed by atoms with Gasteiger partial charge in [0, 0.05) is 12.6 Å². The quantitative estimate of drug-likeness (QED) is 0.601. The second-order valence-electron chi connectivity index (χ2n) is 6.71. The number of nitrogens with one attached hydrogen (secondary N) is 1. The molecule has 0 saturated heterocycles. The first-order chi connectivity index (χ1) is 13.0. The number of ether oxygens (including phenoxy) is 1. The Bertz CT molecular complexity index is 856. The Morgan fingerprint density at radius 3 is 2.54 bits per heavy atom. The Balaban J connectivity index is 0.00000280. The maximum Gasteiger partial charge on any atom is 0.143 e. The minimum Gasteiger partial charge on any atom is -0.491 e. The van der Waals surface area contributed by atoms with Crippen molar-refractivity contribution in [3.8, 4) is 11.4 Å². The van der Waals surface area contributed by atoms with Crippen molar-refractivity contribution in [2.24, 2.45) is 0 Å². The molecule has 7 nitrogen and oxygen atoms in total. The van der Waals surface area contributed by atoms with Crippen LogP contribution in [0.25, 0.3) is 5.69 Å². The van der Waals surface area contributed by atoms with Crippen molar-refractivity contribution in [1.82, 2.24) is 25.5 Å². The molecule has 0 aliphatic rings. The molecule has 1 aromatic heterocycles. The Morgan fingerprint density at radius 2 is 1.89 bits per heavy atom. The predicted molar refractivity (Wildman–Crippen MR) is 110 cm³/mol. The highest BCUT2D eigenvalue weighted by atomic mass is 35.5. The number of aryl methyl sites for hydroxylation is 2. The lowest BCUT2D eigenvalue weighted by molar-refractivity contribution is 0.104. The fourth-order valence-electron chi connectivity index (χ4n) is 2.83. The van der Waals surface area contributed by atoms with E-state index in [1.807, 2.05) is 50.2 Å². The van der Waals surface area contributed by atoms with Crippen LogP contribution in [0.2, 0.25) is 0 Å². The van der Waals surface area contributed by atoms with E-state index < -0.39 is 6.10 Å². The number of aromatic nitrogens is 4. The zero-order valence-corrected chi connectivity index (χ0v) is 17.1. The lowest BCUT2D eigenvalue weighted by atomic mass is 10.1. The summed E-state index contributed by atoms with van der Waals surface area (Å²) in [5.41, 5.74) is 4.29. The van der Waals surface area contributed by atoms with E-state index in [0.29, 0.717) is 6.54 Å². The second kappa shape index (κ2) is 10.2. The molecule has 28 heavy (non-hydrogen) atoms. The van der Waals surface area contributed by atoms with Gasteiger partial charge in [0.1, 0.15) is 24.8 Å². The largest absolute Gasteiger partial charge is 0.491 e. The summed E-state index contributed by atoms with van der Waals surface area (Å²) in [4.78, 5) is 0. The SMILES string of the molecule is Cc1ccc(OCC(O)CNC(C)c2ccc(-n3cnnn3)cc2)c(C)c1.Cl. The average molecular weight is 404 g/mol. The molecular formula is C20H26ClN5O2. The van der Waals surface area contributed by atoms with Crippen LogP contribution in [-0.4, -0.2) is 44.6 Å². The van der Waals surface area contributed by atoms with Crippen molar-refractivity contribution >= 4 is 12.4 Å². The van der Waals surface area contributed by atoms with E-state index in [1.165, 1.54) is 5.56 Å². The molecule has 0 aliphatic heterocycles. The van der Waals surface area contributed by atoms with Crippen LogP contribution in [0.3, 0.4) is 0 Å². The second-order valence-corrected chi connectivity index (χ2v) is 6.71. The van der Waals surface area contributed by atoms with Crippen LogP contribution in [0.15, 0.2) is 48.8 Å². The molecule has 2 unspecified atom stereocenters. The average Bonchev–Trinajstić information content (AvgIpc) is 3.20. The fraction of sp³-hybridized carbons (Fsp3) is 0.350. The number of nitrogens with zero attached hydrogens (tertiary/aromatic N) is 4. The van der Waals surface area contributed by atoms with E-state index in [4.69, 9.17) is 4.74 Å². The van der Waals surface area contributed by atoms with Gasteiger partial charge < -0.3 is 15.2 Å². The fourth-order valence-corrected chi connectivity index (χ4v) is 2.83. The molecule has 3 aromatic rings. The van der Waals surface area contributed by atoms with E-state index >= 15 is 0 Å². The van der Waals surface area contributed by atoms with Crippen LogP contribution in [0.4, 0.5) is 0 Å². The Hall–Kier alpha value is -2.48. The molecule has 0 radical (unpaired) electrons. The van der Waals surface area contributed by atoms with Crippen molar-refractivity contribution in [3.63, 3.8) is 0 Å². The maximum absolute atomic E-state index is 10.2. The van der Waals surface area contributed by atoms with E-state index in [0.717, 1.165) is 22.6 Å². The van der Waals surface area contributed by atoms with Gasteiger partial charge in [-0.3, -0.25) is 0 Å². The number of tetrazole rings is 1. The molecule has 0 saturated carbocycles. The molecule has 2 aromatic carbocycles. The summed E-state index contributed by atoms with van der Waals surface area (Å²) >= 11 is 0. The van der Waals surface area contributed by atoms with E-state index in [9.17, 15) is 5.11 Å². The number of rotatable bonds is 8. The number of benzene rings is 2. The molecule has 0 bridgehead atoms. The van der Waals surface area contributed by atoms with Crippen molar-refractivity contribution in [2.75, 3.05) is 13.2 Å². The minimum atomic E-state index is -0.589. The van der Waals surface area contributed by atoms with Crippen LogP contribution < -0.4 is 10.1 Å². The zero-order chi connectivity index (χ0) is 19.2. The Kier molecular flexibility index (Phi) is 7.92. The number of halogens is 1. The van der Waals surface area contributed by atoms with Crippen LogP contribution in [-0.2, 0) is 0 Å². The predicted octanol–water partition coefficient (Wildman–Crippen LogP) is 2.79. The van der Waals surface area contributed by atoms with Crippen LogP contribution in [0.1, 0.15) is 29.7 Å². The lowest BCUT2D eigenvalue weighted by Crippen LogP contribution is -2.33. The van der Waals surface area contributed by atoms with Crippen molar-refractivity contribution in [2.45, 2.75) is 32.9 Å². The summed E-state index contributed by atoms with van der Waals surface area (Å²) in [6.45, 7) is 6.81. The molecule has 8 heteroatoms. The van der Waals surface area contributed by atoms with Gasteiger partial charge in [0.25, 0.3) is 0 Å². The van der Waals surface area contributed by atoms with Gasteiger partial charge in [0.2, 0.25) is 0 Å². The van der Waals surface area contributed by atoms with Gasteiger partial charge in [0.15, 0.2) is 0 Å². The summed E-state index contributed by atoms with van der Waals surface area (Å²) in [7, 11) is 0. The zero-order valence-electron chi connectivity index (χ0n) is 16.2. The third-order valence-electron chi connectivity index (χ3n) is 4.43. The number of hydrogen-bond donors (Lipinski definition) is 2. The number of aliphatic hydroxyl groups is 1. The van der Waals surface area contributed by atoms with E-state index in [-0.39, 0.29) is 25.1 Å². The molecule has 2 atom stereocenters. The normalized spacial score (nSPS) is 12.9. The standard InChI is InChI=1S/C20H25N5O2.ClH/c1-14-4-9-20(15(2)10-14)27-12-19(26)11-21-16(3)17-5-7-18(8-6-17)25-13-22-23-24-25;/h4-10,13,16,19,21,26H,11-12H2,1-3H3;1H. The molecule has 0 amide bonds. The summed E-state index contributed by atoms with van der Waals surface area (Å²) < 4.78 is 7.34. The van der Waals surface area contributed by atoms with Crippen molar-refractivity contribution < 1.29 is 9.84 Å². The topological polar surface area (TPSA) is 85.1 Å². The van der Waals surface area contributed by atoms with Gasteiger partial charge in [-0.05, 0) is 60.5 Å². The number of hydrogen-bond acceptors (Lipinski definition) is 6. The lowest BCUT2D eigenvalue weighted by Gasteiger charge is -2.19. The third kappa shape index (κ3) is 5.76. The van der Waals surface area contributed by atoms with Gasteiger partial charge >= 0.3 is 0 Å². The molecule has 1 heterocycles. The summed E-state index contributed by atoms with van der Waals surface area (Å²) in [6.07, 6.45) is 0.969. The highest BCUT2D eigenvalue weighted by molar-refractivity contribution is 5.85. The summed E-state index contributed by atoms with van der Waals surface area (Å²) in [5.74, 6) is 0.811. The summed E-state index contributed by atoms with van der Waals surface area (Å²) in [5, 5.41) is 24.7. The number of aliphatic hydroxyl groups excluding tert-OH is 1. The van der Waals surface area contributed by atoms with E-state index in [2.05, 4.69) is 33.8 Å². The molecule has 0 spiro atoms. The molecular weight excluding hydrogens is 378 g/mol. The van der Waals surface area contributed by atoms with Gasteiger partial charge in [-0.2, -0.15) is 0 Å². The van der Waals surface area contributed by atoms with Crippen LogP contribution in [0, 0.1) is 13.8 Å². The first kappa shape index (κ1) is 21.8. The highest BCUT2D eigenvalue weighted by Crippen LogP contribution is 2.19. The maximum atomic E-state index is 10.2. The smallest absolute Gasteiger partial charge is 0.143 e. The summed E-state index contributed by atoms with van der Waals surface area (Å²) in [6, 6.07) is 14.1. The minimum absolute atomic E-state index is 0. The molecule has 0 aliphatic carbocycles. The van der Waals surface area contributed by atoms with Crippen molar-refractivity contribution in [3.05, 3.63) is 65.5 Å². The van der Waals surface area contributed by atoms with Crippen LogP contribution in [0.5, 0.6) is 5.75 Å². The first-order valence-electron chi connectivity index (χ1n) is 8.98.